The van der Waals surface area contributed by atoms with Gasteiger partial charge in [0.1, 0.15) is 12.9 Å². The van der Waals surface area contributed by atoms with Crippen LogP contribution in [0.5, 0.6) is 0 Å². The summed E-state index contributed by atoms with van der Waals surface area (Å²) in [4.78, 5) is 14.9. The molecule has 1 aromatic carbocycles. The van der Waals surface area contributed by atoms with Crippen LogP contribution in [0.3, 0.4) is 0 Å². The molecular weight excluding hydrogens is 256 g/mol. The number of aryl methyl sites for hydroxylation is 2. The first-order chi connectivity index (χ1) is 9.56. The number of nitro benzene ring substituents is 1. The van der Waals surface area contributed by atoms with Gasteiger partial charge in [0.2, 0.25) is 0 Å². The molecule has 0 aliphatic heterocycles. The number of fused-ring (bicyclic) bond motifs is 1. The molecule has 3 rings (SSSR count). The van der Waals surface area contributed by atoms with Crippen molar-refractivity contribution in [1.82, 2.24) is 9.55 Å². The Kier molecular flexibility index (Phi) is 2.71. The van der Waals surface area contributed by atoms with E-state index < -0.39 is 4.92 Å². The van der Waals surface area contributed by atoms with E-state index >= 15 is 0 Å². The number of hydrogen-bond donors (Lipinski definition) is 0. The number of benzene rings is 1. The van der Waals surface area contributed by atoms with E-state index in [9.17, 15) is 10.1 Å². The summed E-state index contributed by atoms with van der Waals surface area (Å²) in [7, 11) is 3.85. The van der Waals surface area contributed by atoms with Crippen molar-refractivity contribution in [2.75, 3.05) is 0 Å². The third-order valence-corrected chi connectivity index (χ3v) is 3.27. The first kappa shape index (κ1) is 12.3. The number of nitro groups is 1. The molecule has 0 aliphatic rings. The van der Waals surface area contributed by atoms with E-state index in [4.69, 9.17) is 0 Å². The fraction of sp³-hybridized carbons (Fsp3) is 0.143. The Morgan fingerprint density at radius 3 is 2.85 bits per heavy atom. The van der Waals surface area contributed by atoms with Crippen LogP contribution in [0.15, 0.2) is 42.7 Å². The zero-order valence-corrected chi connectivity index (χ0v) is 11.1. The van der Waals surface area contributed by atoms with Crippen LogP contribution in [0.4, 0.5) is 5.69 Å². The number of non-ortho nitro benzene ring substituents is 1. The van der Waals surface area contributed by atoms with E-state index in [-0.39, 0.29) is 5.69 Å². The summed E-state index contributed by atoms with van der Waals surface area (Å²) in [5.74, 6) is 0.789. The SMILES string of the molecule is Cn1c(-c2ccc[n+](C)c2)nc2cc([N+](=O)[O-])ccc21. The largest absolute Gasteiger partial charge is 0.327 e. The summed E-state index contributed by atoms with van der Waals surface area (Å²) in [5, 5.41) is 10.8. The molecular formula is C14H13N4O2+. The normalized spacial score (nSPS) is 10.9. The second-order valence-corrected chi connectivity index (χ2v) is 4.68. The Balaban J connectivity index is 2.22. The molecule has 0 fully saturated rings. The topological polar surface area (TPSA) is 64.8 Å². The number of nitrogens with zero attached hydrogens (tertiary/aromatic N) is 4. The third kappa shape index (κ3) is 1.91. The van der Waals surface area contributed by atoms with Crippen molar-refractivity contribution in [3.05, 3.63) is 52.8 Å². The summed E-state index contributed by atoms with van der Waals surface area (Å²) in [6, 6.07) is 8.64. The van der Waals surface area contributed by atoms with Gasteiger partial charge in [0.25, 0.3) is 5.69 Å². The van der Waals surface area contributed by atoms with Gasteiger partial charge in [-0.15, -0.1) is 0 Å². The Hall–Kier alpha value is -2.76. The van der Waals surface area contributed by atoms with Gasteiger partial charge >= 0.3 is 0 Å². The van der Waals surface area contributed by atoms with Crippen LogP contribution >= 0.6 is 0 Å². The van der Waals surface area contributed by atoms with E-state index in [0.29, 0.717) is 5.52 Å². The van der Waals surface area contributed by atoms with Gasteiger partial charge in [0.05, 0.1) is 21.5 Å². The molecule has 0 amide bonds. The number of pyridine rings is 1. The maximum atomic E-state index is 10.8. The van der Waals surface area contributed by atoms with Gasteiger partial charge in [-0.25, -0.2) is 9.55 Å². The zero-order valence-electron chi connectivity index (χ0n) is 11.1. The van der Waals surface area contributed by atoms with Crippen LogP contribution in [0.2, 0.25) is 0 Å². The minimum atomic E-state index is -0.406. The van der Waals surface area contributed by atoms with E-state index in [1.807, 2.05) is 47.8 Å². The predicted octanol–water partition coefficient (Wildman–Crippen LogP) is 1.97. The molecule has 0 radical (unpaired) electrons. The smallest absolute Gasteiger partial charge is 0.271 e. The van der Waals surface area contributed by atoms with Crippen molar-refractivity contribution < 1.29 is 9.49 Å². The molecule has 0 aliphatic carbocycles. The second-order valence-electron chi connectivity index (χ2n) is 4.68. The van der Waals surface area contributed by atoms with E-state index in [1.165, 1.54) is 12.1 Å². The van der Waals surface area contributed by atoms with Gasteiger partial charge < -0.3 is 4.57 Å². The van der Waals surface area contributed by atoms with Crippen LogP contribution in [0.1, 0.15) is 0 Å². The van der Waals surface area contributed by atoms with Crippen molar-refractivity contribution in [1.29, 1.82) is 0 Å². The number of rotatable bonds is 2. The first-order valence-electron chi connectivity index (χ1n) is 6.13. The molecule has 6 heteroatoms. The maximum absolute atomic E-state index is 10.8. The molecule has 20 heavy (non-hydrogen) atoms. The lowest BCUT2D eigenvalue weighted by atomic mass is 10.2. The third-order valence-electron chi connectivity index (χ3n) is 3.27. The fourth-order valence-corrected chi connectivity index (χ4v) is 2.28. The van der Waals surface area contributed by atoms with Gasteiger partial charge in [-0.1, -0.05) is 0 Å². The minimum absolute atomic E-state index is 0.0563. The van der Waals surface area contributed by atoms with E-state index in [1.54, 1.807) is 6.07 Å². The summed E-state index contributed by atoms with van der Waals surface area (Å²) >= 11 is 0. The fourth-order valence-electron chi connectivity index (χ4n) is 2.28. The van der Waals surface area contributed by atoms with Crippen LogP contribution in [0.25, 0.3) is 22.4 Å². The molecule has 2 aromatic heterocycles. The van der Waals surface area contributed by atoms with Gasteiger partial charge in [-0.2, -0.15) is 0 Å². The maximum Gasteiger partial charge on any atom is 0.271 e. The molecule has 0 unspecified atom stereocenters. The lowest BCUT2D eigenvalue weighted by Crippen LogP contribution is -2.26. The van der Waals surface area contributed by atoms with E-state index in [2.05, 4.69) is 4.98 Å². The Labute approximate surface area is 115 Å². The number of imidazole rings is 1. The standard InChI is InChI=1S/C14H13N4O2/c1-16-7-3-4-10(9-16)14-15-12-8-11(18(19)20)5-6-13(12)17(14)2/h3-9H,1-2H3/q+1. The average molecular weight is 269 g/mol. The van der Waals surface area contributed by atoms with Crippen LogP contribution in [-0.2, 0) is 14.1 Å². The second kappa shape index (κ2) is 4.41. The molecule has 6 nitrogen and oxygen atoms in total. The van der Waals surface area contributed by atoms with Crippen molar-refractivity contribution >= 4 is 16.7 Å². The molecule has 0 spiro atoms. The van der Waals surface area contributed by atoms with Gasteiger partial charge in [-0.05, 0) is 12.1 Å². The molecule has 3 aromatic rings. The molecule has 0 bridgehead atoms. The summed E-state index contributed by atoms with van der Waals surface area (Å²) in [6.45, 7) is 0. The molecule has 2 heterocycles. The Morgan fingerprint density at radius 1 is 1.35 bits per heavy atom. The molecule has 100 valence electrons. The molecule has 0 atom stereocenters. The van der Waals surface area contributed by atoms with Gasteiger partial charge in [0.15, 0.2) is 12.4 Å². The van der Waals surface area contributed by atoms with Crippen molar-refractivity contribution in [2.24, 2.45) is 14.1 Å². The van der Waals surface area contributed by atoms with E-state index in [0.717, 1.165) is 16.9 Å². The first-order valence-corrected chi connectivity index (χ1v) is 6.13. The quantitative estimate of drug-likeness (QED) is 0.406. The highest BCUT2D eigenvalue weighted by Gasteiger charge is 2.15. The predicted molar refractivity (Wildman–Crippen MR) is 74.0 cm³/mol. The Morgan fingerprint density at radius 2 is 2.15 bits per heavy atom. The highest BCUT2D eigenvalue weighted by atomic mass is 16.6. The van der Waals surface area contributed by atoms with Crippen LogP contribution < -0.4 is 4.57 Å². The lowest BCUT2D eigenvalue weighted by molar-refractivity contribution is -0.671. The number of aromatic nitrogens is 3. The number of hydrogen-bond acceptors (Lipinski definition) is 3. The van der Waals surface area contributed by atoms with Gasteiger partial charge in [-0.3, -0.25) is 10.1 Å². The highest BCUT2D eigenvalue weighted by Crippen LogP contribution is 2.25. The van der Waals surface area contributed by atoms with Crippen molar-refractivity contribution in [3.8, 4) is 11.4 Å². The molecule has 0 saturated heterocycles. The monoisotopic (exact) mass is 269 g/mol. The highest BCUT2D eigenvalue weighted by molar-refractivity contribution is 5.82. The summed E-state index contributed by atoms with van der Waals surface area (Å²) in [6.07, 6.45) is 3.91. The summed E-state index contributed by atoms with van der Waals surface area (Å²) < 4.78 is 3.88. The lowest BCUT2D eigenvalue weighted by Gasteiger charge is -2.00. The Bertz CT molecular complexity index is 823. The minimum Gasteiger partial charge on any atom is -0.327 e. The zero-order chi connectivity index (χ0) is 14.3. The van der Waals surface area contributed by atoms with Gasteiger partial charge in [0, 0.05) is 25.2 Å². The molecule has 0 saturated carbocycles. The van der Waals surface area contributed by atoms with Crippen molar-refractivity contribution in [2.45, 2.75) is 0 Å². The molecule has 0 N–H and O–H groups in total. The van der Waals surface area contributed by atoms with Crippen molar-refractivity contribution in [3.63, 3.8) is 0 Å². The average Bonchev–Trinajstić information content (AvgIpc) is 2.75. The van der Waals surface area contributed by atoms with Crippen LogP contribution in [-0.4, -0.2) is 14.5 Å². The summed E-state index contributed by atoms with van der Waals surface area (Å²) in [5.41, 5.74) is 2.53. The van der Waals surface area contributed by atoms with Crippen LogP contribution in [0, 0.1) is 10.1 Å².